The van der Waals surface area contributed by atoms with E-state index in [4.69, 9.17) is 19.4 Å². The van der Waals surface area contributed by atoms with Gasteiger partial charge in [-0.2, -0.15) is 0 Å². The van der Waals surface area contributed by atoms with Gasteiger partial charge in [-0.15, -0.1) is 0 Å². The molecule has 5 fully saturated rings. The summed E-state index contributed by atoms with van der Waals surface area (Å²) < 4.78 is 9.76. The van der Waals surface area contributed by atoms with E-state index < -0.39 is 24.3 Å². The van der Waals surface area contributed by atoms with Gasteiger partial charge in [-0.1, -0.05) is 57.1 Å². The molecule has 0 radical (unpaired) electrons. The molecule has 2 aromatic carbocycles. The molecule has 2 aliphatic heterocycles. The van der Waals surface area contributed by atoms with E-state index in [0.717, 1.165) is 116 Å². The summed E-state index contributed by atoms with van der Waals surface area (Å²) in [6, 6.07) is 12.2. The van der Waals surface area contributed by atoms with Crippen molar-refractivity contribution in [3.05, 3.63) is 71.4 Å². The molecule has 4 amide bonds. The maximum absolute atomic E-state index is 14.3. The number of amides is 4. The Balaban J connectivity index is 0.888. The van der Waals surface area contributed by atoms with Crippen molar-refractivity contribution in [1.29, 1.82) is 0 Å². The minimum atomic E-state index is -0.691. The number of fused-ring (bicyclic) bond motifs is 1. The summed E-state index contributed by atoms with van der Waals surface area (Å²) in [5.41, 5.74) is 5.43. The monoisotopic (exact) mass is 828 g/mol. The molecule has 3 aliphatic carbocycles. The van der Waals surface area contributed by atoms with Crippen molar-refractivity contribution in [3.63, 3.8) is 0 Å². The summed E-state index contributed by atoms with van der Waals surface area (Å²) in [5.74, 6) is 7.95. The van der Waals surface area contributed by atoms with Gasteiger partial charge in [-0.3, -0.25) is 9.59 Å². The lowest BCUT2D eigenvalue weighted by molar-refractivity contribution is -0.136. The molecule has 4 atom stereocenters. The Labute approximate surface area is 356 Å². The number of methoxy groups -OCH3 is 2. The first-order chi connectivity index (χ1) is 29.5. The number of H-pyrrole nitrogens is 2. The molecule has 4 aromatic rings. The van der Waals surface area contributed by atoms with E-state index in [9.17, 15) is 19.2 Å². The second-order valence-corrected chi connectivity index (χ2v) is 18.6. The first-order valence-electron chi connectivity index (χ1n) is 21.9. The SMILES string of the molecule is COC(=O)N[C@H](C(=O)N1CC2(CC2)C[C@H]1c1ncc(-c2ccc(C#Cc3ccc4nc([C@@H]5CC6(CC6)CN5C(=O)[C@H](NC(=O)OC)C5CCCCC5)[nH]c4c3)cc2)[nH]1)C(C)C. The van der Waals surface area contributed by atoms with E-state index in [1.807, 2.05) is 72.3 Å². The van der Waals surface area contributed by atoms with Crippen molar-refractivity contribution in [2.75, 3.05) is 27.3 Å². The molecule has 2 spiro atoms. The standard InChI is InChI=1S/C47H56N8O6/c1-28(2)38(52-44(58)60-3)42(56)54-26-46(18-19-46)23-36(54)40-48-25-35(51-40)31-15-12-29(13-16-31)10-11-30-14-17-33-34(22-30)50-41(49-33)37-24-47(20-21-47)27-55(37)43(57)39(53-45(59)61-4)32-8-6-5-7-9-32/h12-17,22,25,28,32,36-39H,5-9,18-21,23-24,26-27H2,1-4H3,(H,48,51)(H,49,50)(H,52,58)(H,53,59)/t36-,37-,38-,39+/m0/s1. The third-order valence-corrected chi connectivity index (χ3v) is 14.0. The van der Waals surface area contributed by atoms with Crippen LogP contribution in [0.15, 0.2) is 48.7 Å². The second-order valence-electron chi connectivity index (χ2n) is 18.6. The van der Waals surface area contributed by atoms with Gasteiger partial charge in [-0.05, 0) is 110 Å². The minimum absolute atomic E-state index is 0.0397. The van der Waals surface area contributed by atoms with Gasteiger partial charge in [0.25, 0.3) is 0 Å². The number of likely N-dealkylation sites (tertiary alicyclic amines) is 2. The van der Waals surface area contributed by atoms with Gasteiger partial charge in [0.15, 0.2) is 0 Å². The topological polar surface area (TPSA) is 175 Å². The van der Waals surface area contributed by atoms with Crippen LogP contribution in [0.3, 0.4) is 0 Å². The molecule has 14 nitrogen and oxygen atoms in total. The van der Waals surface area contributed by atoms with Crippen LogP contribution in [-0.2, 0) is 19.1 Å². The van der Waals surface area contributed by atoms with E-state index in [0.29, 0.717) is 13.1 Å². The van der Waals surface area contributed by atoms with Gasteiger partial charge < -0.3 is 39.9 Å². The Morgan fingerprint density at radius 3 is 2.02 bits per heavy atom. The van der Waals surface area contributed by atoms with Gasteiger partial charge in [0.1, 0.15) is 23.7 Å². The number of carbonyl (C=O) groups is 4. The molecule has 4 heterocycles. The fourth-order valence-electron chi connectivity index (χ4n) is 10.0. The van der Waals surface area contributed by atoms with Gasteiger partial charge in [0.2, 0.25) is 11.8 Å². The number of ether oxygens (including phenoxy) is 2. The predicted octanol–water partition coefficient (Wildman–Crippen LogP) is 7.15. The highest BCUT2D eigenvalue weighted by molar-refractivity contribution is 5.88. The highest BCUT2D eigenvalue weighted by Crippen LogP contribution is 2.59. The van der Waals surface area contributed by atoms with Crippen molar-refractivity contribution in [3.8, 4) is 23.1 Å². The number of hydrogen-bond acceptors (Lipinski definition) is 8. The summed E-state index contributed by atoms with van der Waals surface area (Å²) in [5, 5.41) is 5.65. The van der Waals surface area contributed by atoms with Crippen molar-refractivity contribution in [2.45, 2.75) is 109 Å². The summed E-state index contributed by atoms with van der Waals surface area (Å²) >= 11 is 0. The zero-order valence-corrected chi connectivity index (χ0v) is 35.5. The molecule has 320 valence electrons. The lowest BCUT2D eigenvalue weighted by Crippen LogP contribution is -2.52. The second kappa shape index (κ2) is 16.2. The van der Waals surface area contributed by atoms with Crippen LogP contribution in [0.2, 0.25) is 0 Å². The van der Waals surface area contributed by atoms with Crippen molar-refractivity contribution in [1.82, 2.24) is 40.4 Å². The molecular formula is C47H56N8O6. The van der Waals surface area contributed by atoms with Gasteiger partial charge in [0, 0.05) is 24.2 Å². The van der Waals surface area contributed by atoms with Crippen LogP contribution in [0.25, 0.3) is 22.3 Å². The molecule has 9 rings (SSSR count). The molecule has 3 saturated carbocycles. The average molecular weight is 829 g/mol. The highest BCUT2D eigenvalue weighted by atomic mass is 16.5. The fraction of sp³-hybridized carbons (Fsp3) is 0.532. The van der Waals surface area contributed by atoms with Gasteiger partial charge in [-0.25, -0.2) is 19.6 Å². The molecule has 4 N–H and O–H groups in total. The first kappa shape index (κ1) is 40.6. The fourth-order valence-corrected chi connectivity index (χ4v) is 10.0. The lowest BCUT2D eigenvalue weighted by Gasteiger charge is -2.34. The summed E-state index contributed by atoms with van der Waals surface area (Å²) in [6.07, 6.45) is 11.8. The molecule has 0 unspecified atom stereocenters. The molecular weight excluding hydrogens is 773 g/mol. The normalized spacial score (nSPS) is 22.2. The largest absolute Gasteiger partial charge is 0.453 e. The lowest BCUT2D eigenvalue weighted by atomic mass is 9.83. The molecule has 2 aromatic heterocycles. The van der Waals surface area contributed by atoms with Crippen LogP contribution >= 0.6 is 0 Å². The van der Waals surface area contributed by atoms with E-state index in [1.165, 1.54) is 14.2 Å². The van der Waals surface area contributed by atoms with Crippen molar-refractivity contribution >= 4 is 35.0 Å². The third-order valence-electron chi connectivity index (χ3n) is 14.0. The smallest absolute Gasteiger partial charge is 0.407 e. The number of aromatic nitrogens is 4. The number of hydrogen-bond donors (Lipinski definition) is 4. The van der Waals surface area contributed by atoms with Gasteiger partial charge >= 0.3 is 12.2 Å². The Morgan fingerprint density at radius 2 is 1.38 bits per heavy atom. The average Bonchev–Trinajstić information content (AvgIpc) is 3.89. The number of nitrogens with zero attached hydrogens (tertiary/aromatic N) is 4. The van der Waals surface area contributed by atoms with Crippen LogP contribution < -0.4 is 10.6 Å². The maximum atomic E-state index is 14.3. The number of benzene rings is 2. The number of rotatable bonds is 9. The number of aromatic amines is 2. The zero-order valence-electron chi connectivity index (χ0n) is 35.5. The van der Waals surface area contributed by atoms with Crippen molar-refractivity contribution < 1.29 is 28.7 Å². The molecule has 5 aliphatic rings. The summed E-state index contributed by atoms with van der Waals surface area (Å²) in [6.45, 7) is 5.17. The summed E-state index contributed by atoms with van der Waals surface area (Å²) in [7, 11) is 2.64. The van der Waals surface area contributed by atoms with E-state index in [2.05, 4.69) is 32.4 Å². The number of alkyl carbamates (subject to hydrolysis) is 2. The van der Waals surface area contributed by atoms with Gasteiger partial charge in [0.05, 0.1) is 49.2 Å². The molecule has 2 saturated heterocycles. The first-order valence-corrected chi connectivity index (χ1v) is 21.9. The van der Waals surface area contributed by atoms with Crippen LogP contribution in [0.5, 0.6) is 0 Å². The van der Waals surface area contributed by atoms with Crippen LogP contribution in [0.4, 0.5) is 9.59 Å². The molecule has 0 bridgehead atoms. The molecule has 61 heavy (non-hydrogen) atoms. The highest BCUT2D eigenvalue weighted by Gasteiger charge is 2.56. The Bertz CT molecular complexity index is 2380. The van der Waals surface area contributed by atoms with E-state index in [1.54, 1.807) is 0 Å². The quantitative estimate of drug-likeness (QED) is 0.129. The van der Waals surface area contributed by atoms with Crippen LogP contribution in [0.1, 0.15) is 119 Å². The third kappa shape index (κ3) is 8.31. The number of nitrogens with one attached hydrogen (secondary N) is 4. The molecule has 14 heteroatoms. The Hall–Kier alpha value is -5.84. The Morgan fingerprint density at radius 1 is 0.770 bits per heavy atom. The Kier molecular flexibility index (Phi) is 10.8. The summed E-state index contributed by atoms with van der Waals surface area (Å²) in [4.78, 5) is 73.4. The maximum Gasteiger partial charge on any atom is 0.407 e. The van der Waals surface area contributed by atoms with Crippen molar-refractivity contribution in [2.24, 2.45) is 22.7 Å². The van der Waals surface area contributed by atoms with Crippen LogP contribution in [-0.4, -0.2) is 93.1 Å². The van der Waals surface area contributed by atoms with E-state index >= 15 is 0 Å². The van der Waals surface area contributed by atoms with Crippen LogP contribution in [0, 0.1) is 34.5 Å². The number of carbonyl (C=O) groups excluding carboxylic acids is 4. The zero-order chi connectivity index (χ0) is 42.5. The van der Waals surface area contributed by atoms with E-state index in [-0.39, 0.29) is 46.6 Å². The minimum Gasteiger partial charge on any atom is -0.453 e. The predicted molar refractivity (Wildman–Crippen MR) is 228 cm³/mol. The number of imidazole rings is 2.